The summed E-state index contributed by atoms with van der Waals surface area (Å²) in [4.78, 5) is 10.7. The minimum Gasteiger partial charge on any atom is -0.321 e. The van der Waals surface area contributed by atoms with Crippen LogP contribution in [0.25, 0.3) is 0 Å². The largest absolute Gasteiger partial charge is 0.321 e. The average Bonchev–Trinajstić information content (AvgIpc) is 1.84. The van der Waals surface area contributed by atoms with Crippen molar-refractivity contribution in [2.24, 2.45) is 11.7 Å². The molecular formula is C7H13NO. The van der Waals surface area contributed by atoms with E-state index in [2.05, 4.69) is 6.58 Å². The van der Waals surface area contributed by atoms with Crippen molar-refractivity contribution < 1.29 is 4.79 Å². The first-order valence-electron chi connectivity index (χ1n) is 3.01. The average molecular weight is 127 g/mol. The van der Waals surface area contributed by atoms with Crippen LogP contribution in [0.4, 0.5) is 0 Å². The molecular weight excluding hydrogens is 114 g/mol. The third-order valence-corrected chi connectivity index (χ3v) is 1.25. The summed E-state index contributed by atoms with van der Waals surface area (Å²) < 4.78 is 0. The Morgan fingerprint density at radius 2 is 2.11 bits per heavy atom. The second-order valence-corrected chi connectivity index (χ2v) is 2.38. The van der Waals surface area contributed by atoms with Gasteiger partial charge >= 0.3 is 0 Å². The Balaban J connectivity index is 3.87. The maximum atomic E-state index is 10.7. The quantitative estimate of drug-likeness (QED) is 0.568. The molecule has 0 unspecified atom stereocenters. The van der Waals surface area contributed by atoms with Crippen molar-refractivity contribution in [1.29, 1.82) is 0 Å². The number of carbonyl (C=O) groups excluding carboxylic acids is 1. The van der Waals surface area contributed by atoms with Crippen molar-refractivity contribution in [1.82, 2.24) is 0 Å². The molecule has 0 aromatic heterocycles. The molecule has 0 spiro atoms. The van der Waals surface area contributed by atoms with Crippen LogP contribution in [0.1, 0.15) is 13.8 Å². The van der Waals surface area contributed by atoms with Gasteiger partial charge < -0.3 is 5.73 Å². The fourth-order valence-electron chi connectivity index (χ4n) is 0.465. The van der Waals surface area contributed by atoms with Crippen LogP contribution >= 0.6 is 0 Å². The van der Waals surface area contributed by atoms with Crippen LogP contribution in [-0.2, 0) is 4.79 Å². The predicted octanol–water partition coefficient (Wildman–Crippen LogP) is 0.725. The highest BCUT2D eigenvalue weighted by Gasteiger charge is 2.12. The molecule has 0 radical (unpaired) electrons. The molecule has 2 heteroatoms. The Hall–Kier alpha value is -0.630. The molecule has 0 aromatic carbocycles. The Morgan fingerprint density at radius 3 is 2.22 bits per heavy atom. The maximum Gasteiger partial charge on any atom is 0.172 e. The molecule has 0 rings (SSSR count). The van der Waals surface area contributed by atoms with Gasteiger partial charge in [-0.3, -0.25) is 4.79 Å². The Kier molecular flexibility index (Phi) is 3.17. The van der Waals surface area contributed by atoms with E-state index in [1.807, 2.05) is 13.8 Å². The molecule has 0 heterocycles. The van der Waals surface area contributed by atoms with E-state index in [-0.39, 0.29) is 17.7 Å². The number of hydrogen-bond donors (Lipinski definition) is 1. The van der Waals surface area contributed by atoms with Crippen LogP contribution in [0, 0.1) is 5.92 Å². The van der Waals surface area contributed by atoms with Gasteiger partial charge in [0.2, 0.25) is 0 Å². The van der Waals surface area contributed by atoms with E-state index >= 15 is 0 Å². The summed E-state index contributed by atoms with van der Waals surface area (Å²) in [6.07, 6.45) is 1.27. The minimum absolute atomic E-state index is 0.0787. The molecule has 0 saturated carbocycles. The number of ketones is 1. The van der Waals surface area contributed by atoms with Crippen LogP contribution in [0.15, 0.2) is 12.7 Å². The summed E-state index contributed by atoms with van der Waals surface area (Å²) in [5, 5.41) is 0. The summed E-state index contributed by atoms with van der Waals surface area (Å²) in [6.45, 7) is 7.15. The molecule has 52 valence electrons. The number of hydrogen-bond acceptors (Lipinski definition) is 2. The summed E-state index contributed by atoms with van der Waals surface area (Å²) in [7, 11) is 0. The summed E-state index contributed by atoms with van der Waals surface area (Å²) >= 11 is 0. The third-order valence-electron chi connectivity index (χ3n) is 1.25. The molecule has 0 aromatic rings. The van der Waals surface area contributed by atoms with Gasteiger partial charge in [-0.05, 0) is 12.0 Å². The second-order valence-electron chi connectivity index (χ2n) is 2.38. The van der Waals surface area contributed by atoms with Crippen LogP contribution in [0.2, 0.25) is 0 Å². The van der Waals surface area contributed by atoms with Gasteiger partial charge in [0.25, 0.3) is 0 Å². The first-order chi connectivity index (χ1) is 4.09. The zero-order valence-electron chi connectivity index (χ0n) is 5.92. The minimum atomic E-state index is -0.373. The van der Waals surface area contributed by atoms with E-state index in [0.717, 1.165) is 0 Å². The van der Waals surface area contributed by atoms with Crippen molar-refractivity contribution in [2.45, 2.75) is 19.9 Å². The number of nitrogens with two attached hydrogens (primary N) is 1. The van der Waals surface area contributed by atoms with E-state index in [4.69, 9.17) is 5.73 Å². The molecule has 1 atom stereocenters. The highest BCUT2D eigenvalue weighted by atomic mass is 16.1. The Bertz CT molecular complexity index is 118. The van der Waals surface area contributed by atoms with E-state index in [9.17, 15) is 4.79 Å². The fourth-order valence-corrected chi connectivity index (χ4v) is 0.465. The third kappa shape index (κ3) is 2.42. The van der Waals surface area contributed by atoms with Gasteiger partial charge in [-0.2, -0.15) is 0 Å². The van der Waals surface area contributed by atoms with Crippen LogP contribution in [-0.4, -0.2) is 11.8 Å². The van der Waals surface area contributed by atoms with Gasteiger partial charge in [-0.25, -0.2) is 0 Å². The molecule has 0 saturated heterocycles. The highest BCUT2D eigenvalue weighted by Crippen LogP contribution is 1.98. The molecule has 0 fully saturated rings. The lowest BCUT2D eigenvalue weighted by Gasteiger charge is -2.10. The fraction of sp³-hybridized carbons (Fsp3) is 0.571. The first-order valence-corrected chi connectivity index (χ1v) is 3.01. The smallest absolute Gasteiger partial charge is 0.172 e. The molecule has 2 N–H and O–H groups in total. The van der Waals surface area contributed by atoms with Crippen molar-refractivity contribution in [3.63, 3.8) is 0 Å². The lowest BCUT2D eigenvalue weighted by atomic mass is 10.0. The standard InChI is InChI=1S/C7H13NO/c1-4-6(9)7(8)5(2)3/h4-5,7H,1,8H2,2-3H3/t7-/m0/s1. The lowest BCUT2D eigenvalue weighted by Crippen LogP contribution is -2.34. The van der Waals surface area contributed by atoms with Crippen LogP contribution in [0.5, 0.6) is 0 Å². The van der Waals surface area contributed by atoms with Gasteiger partial charge in [0.15, 0.2) is 5.78 Å². The van der Waals surface area contributed by atoms with E-state index in [1.165, 1.54) is 6.08 Å². The summed E-state index contributed by atoms with van der Waals surface area (Å²) in [6, 6.07) is -0.373. The predicted molar refractivity (Wildman–Crippen MR) is 38.0 cm³/mol. The molecule has 9 heavy (non-hydrogen) atoms. The van der Waals surface area contributed by atoms with Gasteiger partial charge in [0.05, 0.1) is 6.04 Å². The zero-order chi connectivity index (χ0) is 7.44. The molecule has 0 aliphatic carbocycles. The molecule has 2 nitrogen and oxygen atoms in total. The topological polar surface area (TPSA) is 43.1 Å². The molecule has 0 bridgehead atoms. The van der Waals surface area contributed by atoms with Crippen LogP contribution < -0.4 is 5.73 Å². The summed E-state index contributed by atoms with van der Waals surface area (Å²) in [5.41, 5.74) is 5.45. The highest BCUT2D eigenvalue weighted by molar-refractivity contribution is 5.93. The molecule has 0 aliphatic heterocycles. The lowest BCUT2D eigenvalue weighted by molar-refractivity contribution is -0.116. The van der Waals surface area contributed by atoms with Crippen molar-refractivity contribution in [3.05, 3.63) is 12.7 Å². The number of rotatable bonds is 3. The van der Waals surface area contributed by atoms with Crippen molar-refractivity contribution in [3.8, 4) is 0 Å². The molecule has 0 amide bonds. The van der Waals surface area contributed by atoms with Crippen molar-refractivity contribution in [2.75, 3.05) is 0 Å². The molecule has 0 aliphatic rings. The van der Waals surface area contributed by atoms with E-state index in [1.54, 1.807) is 0 Å². The van der Waals surface area contributed by atoms with E-state index in [0.29, 0.717) is 0 Å². The first kappa shape index (κ1) is 8.37. The van der Waals surface area contributed by atoms with Gasteiger partial charge in [0, 0.05) is 0 Å². The van der Waals surface area contributed by atoms with E-state index < -0.39 is 0 Å². The maximum absolute atomic E-state index is 10.7. The van der Waals surface area contributed by atoms with Gasteiger partial charge in [0.1, 0.15) is 0 Å². The SMILES string of the molecule is C=CC(=O)[C@@H](N)C(C)C. The van der Waals surface area contributed by atoms with Crippen LogP contribution in [0.3, 0.4) is 0 Å². The monoisotopic (exact) mass is 127 g/mol. The van der Waals surface area contributed by atoms with Gasteiger partial charge in [-0.1, -0.05) is 20.4 Å². The van der Waals surface area contributed by atoms with Gasteiger partial charge in [-0.15, -0.1) is 0 Å². The summed E-state index contributed by atoms with van der Waals surface area (Å²) in [5.74, 6) is 0.125. The Morgan fingerprint density at radius 1 is 1.67 bits per heavy atom. The number of carbonyl (C=O) groups is 1. The Labute approximate surface area is 55.7 Å². The zero-order valence-corrected chi connectivity index (χ0v) is 5.92. The second kappa shape index (κ2) is 3.41. The normalized spacial score (nSPS) is 13.3. The van der Waals surface area contributed by atoms with Crippen molar-refractivity contribution >= 4 is 5.78 Å².